The summed E-state index contributed by atoms with van der Waals surface area (Å²) >= 11 is 3.23. The maximum Gasteiger partial charge on any atom is 0.239 e. The summed E-state index contributed by atoms with van der Waals surface area (Å²) in [5.74, 6) is -0.0708. The van der Waals surface area contributed by atoms with Gasteiger partial charge < -0.3 is 10.6 Å². The van der Waals surface area contributed by atoms with Gasteiger partial charge in [-0.05, 0) is 57.7 Å². The zero-order valence-corrected chi connectivity index (χ0v) is 18.8. The number of nitriles is 1. The van der Waals surface area contributed by atoms with E-state index in [0.717, 1.165) is 30.0 Å². The molecule has 2 N–H and O–H groups in total. The van der Waals surface area contributed by atoms with Crippen LogP contribution in [-0.2, 0) is 23.3 Å². The molecule has 3 heterocycles. The smallest absolute Gasteiger partial charge is 0.239 e. The summed E-state index contributed by atoms with van der Waals surface area (Å²) < 4.78 is 0. The van der Waals surface area contributed by atoms with Crippen LogP contribution in [0.3, 0.4) is 0 Å². The van der Waals surface area contributed by atoms with Gasteiger partial charge in [0.15, 0.2) is 0 Å². The van der Waals surface area contributed by atoms with Gasteiger partial charge in [-0.2, -0.15) is 5.26 Å². The largest absolute Gasteiger partial charge is 0.315 e. The van der Waals surface area contributed by atoms with E-state index in [0.29, 0.717) is 17.1 Å². The van der Waals surface area contributed by atoms with E-state index in [1.165, 1.54) is 16.2 Å². The van der Waals surface area contributed by atoms with E-state index in [1.807, 2.05) is 6.07 Å². The number of hydrogen-bond donors (Lipinski definition) is 2. The van der Waals surface area contributed by atoms with Crippen molar-refractivity contribution in [2.24, 2.45) is 0 Å². The van der Waals surface area contributed by atoms with Crippen LogP contribution < -0.4 is 10.6 Å². The molecule has 0 saturated carbocycles. The molecule has 0 aromatic carbocycles. The van der Waals surface area contributed by atoms with Crippen molar-refractivity contribution in [2.75, 3.05) is 18.4 Å². The molecular formula is C21H28N4OS2. The van der Waals surface area contributed by atoms with Gasteiger partial charge in [-0.3, -0.25) is 9.69 Å². The second-order valence-electron chi connectivity index (χ2n) is 8.47. The van der Waals surface area contributed by atoms with Crippen LogP contribution in [-0.4, -0.2) is 29.4 Å². The quantitative estimate of drug-likeness (QED) is 0.737. The SMILES string of the molecule is CCN(CC(=O)Nc1sc2c(c1C#N)CC(C)(C)NC2(C)C)Cc1cccs1. The van der Waals surface area contributed by atoms with Gasteiger partial charge in [-0.25, -0.2) is 0 Å². The highest BCUT2D eigenvalue weighted by Crippen LogP contribution is 2.44. The summed E-state index contributed by atoms with van der Waals surface area (Å²) in [6, 6.07) is 6.46. The summed E-state index contributed by atoms with van der Waals surface area (Å²) in [6.07, 6.45) is 0.778. The fraction of sp³-hybridized carbons (Fsp3) is 0.524. The lowest BCUT2D eigenvalue weighted by atomic mass is 9.81. The molecule has 0 saturated heterocycles. The second-order valence-corrected chi connectivity index (χ2v) is 10.5. The highest BCUT2D eigenvalue weighted by Gasteiger charge is 2.40. The molecule has 5 nitrogen and oxygen atoms in total. The molecule has 0 fully saturated rings. The lowest BCUT2D eigenvalue weighted by molar-refractivity contribution is -0.117. The number of amides is 1. The van der Waals surface area contributed by atoms with Crippen LogP contribution in [0, 0.1) is 11.3 Å². The maximum absolute atomic E-state index is 12.7. The molecule has 28 heavy (non-hydrogen) atoms. The standard InChI is InChI=1S/C21H28N4OS2/c1-6-25(12-14-8-7-9-27-14)13-17(26)23-19-16(11-22)15-10-20(2,3)24-21(4,5)18(15)28-19/h7-9,24H,6,10,12-13H2,1-5H3,(H,23,26). The molecule has 7 heteroatoms. The van der Waals surface area contributed by atoms with Gasteiger partial charge in [-0.1, -0.05) is 13.0 Å². The molecule has 150 valence electrons. The van der Waals surface area contributed by atoms with Crippen molar-refractivity contribution in [1.82, 2.24) is 10.2 Å². The fourth-order valence-electron chi connectivity index (χ4n) is 4.01. The third-order valence-corrected chi connectivity index (χ3v) is 7.32. The normalized spacial score (nSPS) is 17.2. The van der Waals surface area contributed by atoms with Crippen LogP contribution in [0.4, 0.5) is 5.00 Å². The monoisotopic (exact) mass is 416 g/mol. The van der Waals surface area contributed by atoms with Crippen molar-refractivity contribution in [3.8, 4) is 6.07 Å². The van der Waals surface area contributed by atoms with E-state index >= 15 is 0 Å². The Labute approximate surface area is 175 Å². The summed E-state index contributed by atoms with van der Waals surface area (Å²) in [5.41, 5.74) is 1.37. The van der Waals surface area contributed by atoms with Crippen LogP contribution in [0.15, 0.2) is 17.5 Å². The van der Waals surface area contributed by atoms with E-state index < -0.39 is 0 Å². The number of thiophene rings is 2. The predicted octanol–water partition coefficient (Wildman–Crippen LogP) is 4.30. The van der Waals surface area contributed by atoms with Crippen LogP contribution in [0.1, 0.15) is 55.5 Å². The number of likely N-dealkylation sites (N-methyl/N-ethyl adjacent to an activating group) is 1. The van der Waals surface area contributed by atoms with Crippen molar-refractivity contribution >= 4 is 33.6 Å². The van der Waals surface area contributed by atoms with Gasteiger partial charge in [0, 0.05) is 27.4 Å². The molecule has 0 aliphatic carbocycles. The summed E-state index contributed by atoms with van der Waals surface area (Å²) in [5, 5.41) is 19.2. The minimum absolute atomic E-state index is 0.0708. The first-order valence-corrected chi connectivity index (χ1v) is 11.2. The predicted molar refractivity (Wildman–Crippen MR) is 117 cm³/mol. The highest BCUT2D eigenvalue weighted by atomic mass is 32.1. The van der Waals surface area contributed by atoms with Crippen molar-refractivity contribution in [3.05, 3.63) is 38.4 Å². The van der Waals surface area contributed by atoms with Gasteiger partial charge >= 0.3 is 0 Å². The molecule has 0 atom stereocenters. The topological polar surface area (TPSA) is 68.2 Å². The van der Waals surface area contributed by atoms with Crippen LogP contribution in [0.25, 0.3) is 0 Å². The summed E-state index contributed by atoms with van der Waals surface area (Å²) in [7, 11) is 0. The maximum atomic E-state index is 12.7. The Bertz CT molecular complexity index is 890. The van der Waals surface area contributed by atoms with E-state index in [9.17, 15) is 10.1 Å². The number of carbonyl (C=O) groups is 1. The lowest BCUT2D eigenvalue weighted by Gasteiger charge is -2.42. The zero-order chi connectivity index (χ0) is 20.5. The minimum atomic E-state index is -0.231. The number of hydrogen-bond acceptors (Lipinski definition) is 6. The minimum Gasteiger partial charge on any atom is -0.315 e. The molecule has 0 unspecified atom stereocenters. The van der Waals surface area contributed by atoms with E-state index in [1.54, 1.807) is 11.3 Å². The second kappa shape index (κ2) is 7.96. The molecule has 0 bridgehead atoms. The van der Waals surface area contributed by atoms with E-state index in [4.69, 9.17) is 0 Å². The van der Waals surface area contributed by atoms with Gasteiger partial charge in [0.1, 0.15) is 11.1 Å². The molecule has 0 spiro atoms. The van der Waals surface area contributed by atoms with Crippen molar-refractivity contribution in [2.45, 2.75) is 58.7 Å². The van der Waals surface area contributed by atoms with Crippen LogP contribution in [0.2, 0.25) is 0 Å². The van der Waals surface area contributed by atoms with Gasteiger partial charge in [0.05, 0.1) is 12.1 Å². The Morgan fingerprint density at radius 2 is 2.14 bits per heavy atom. The highest BCUT2D eigenvalue weighted by molar-refractivity contribution is 7.17. The third-order valence-electron chi connectivity index (χ3n) is 4.98. The first kappa shape index (κ1) is 21.0. The zero-order valence-electron chi connectivity index (χ0n) is 17.2. The summed E-state index contributed by atoms with van der Waals surface area (Å²) in [4.78, 5) is 17.2. The van der Waals surface area contributed by atoms with Gasteiger partial charge in [-0.15, -0.1) is 22.7 Å². The molecule has 1 aliphatic rings. The molecular weight excluding hydrogens is 388 g/mol. The van der Waals surface area contributed by atoms with Gasteiger partial charge in [0.25, 0.3) is 0 Å². The van der Waals surface area contributed by atoms with Crippen molar-refractivity contribution < 1.29 is 4.79 Å². The average molecular weight is 417 g/mol. The molecule has 2 aromatic rings. The van der Waals surface area contributed by atoms with E-state index in [-0.39, 0.29) is 17.0 Å². The Hall–Kier alpha value is -1.72. The fourth-order valence-corrected chi connectivity index (χ4v) is 6.00. The van der Waals surface area contributed by atoms with Crippen molar-refractivity contribution in [3.63, 3.8) is 0 Å². The van der Waals surface area contributed by atoms with Crippen molar-refractivity contribution in [1.29, 1.82) is 5.26 Å². The van der Waals surface area contributed by atoms with E-state index in [2.05, 4.69) is 67.7 Å². The Morgan fingerprint density at radius 3 is 2.75 bits per heavy atom. The Kier molecular flexibility index (Phi) is 5.97. The number of carbonyl (C=O) groups excluding carboxylic acids is 1. The number of nitrogens with one attached hydrogen (secondary N) is 2. The third kappa shape index (κ3) is 4.47. The first-order valence-electron chi connectivity index (χ1n) is 9.55. The number of rotatable bonds is 6. The average Bonchev–Trinajstić information content (AvgIpc) is 3.20. The number of fused-ring (bicyclic) bond motifs is 1. The molecule has 1 amide bonds. The lowest BCUT2D eigenvalue weighted by Crippen LogP contribution is -2.54. The molecule has 2 aromatic heterocycles. The molecule has 0 radical (unpaired) electrons. The number of anilines is 1. The Balaban J connectivity index is 1.78. The first-order chi connectivity index (χ1) is 13.1. The van der Waals surface area contributed by atoms with Crippen LogP contribution >= 0.6 is 22.7 Å². The molecule has 3 rings (SSSR count). The number of nitrogens with zero attached hydrogens (tertiary/aromatic N) is 2. The summed E-state index contributed by atoms with van der Waals surface area (Å²) in [6.45, 7) is 12.5. The Morgan fingerprint density at radius 1 is 1.39 bits per heavy atom. The molecule has 1 aliphatic heterocycles. The van der Waals surface area contributed by atoms with Crippen LogP contribution in [0.5, 0.6) is 0 Å². The van der Waals surface area contributed by atoms with Gasteiger partial charge in [0.2, 0.25) is 5.91 Å².